The van der Waals surface area contributed by atoms with E-state index in [1.165, 1.54) is 18.2 Å². The number of nitro groups is 2. The van der Waals surface area contributed by atoms with Crippen molar-refractivity contribution in [3.05, 3.63) is 62.8 Å². The lowest BCUT2D eigenvalue weighted by Gasteiger charge is -2.05. The molecule has 1 heterocycles. The van der Waals surface area contributed by atoms with Crippen LogP contribution in [0.2, 0.25) is 0 Å². The topological polar surface area (TPSA) is 99.4 Å². The fourth-order valence-electron chi connectivity index (χ4n) is 1.82. The molecule has 0 bridgehead atoms. The average molecular weight is 290 g/mol. The van der Waals surface area contributed by atoms with Gasteiger partial charge in [-0.15, -0.1) is 0 Å². The predicted octanol–water partition coefficient (Wildman–Crippen LogP) is 2.60. The molecule has 8 nitrogen and oxygen atoms in total. The molecule has 0 unspecified atom stereocenters. The van der Waals surface area contributed by atoms with E-state index in [-0.39, 0.29) is 11.6 Å². The Hall–Kier alpha value is -3.03. The largest absolute Gasteiger partial charge is 0.390 e. The summed E-state index contributed by atoms with van der Waals surface area (Å²) in [5.41, 5.74) is -0.897. The van der Waals surface area contributed by atoms with Crippen LogP contribution in [0.1, 0.15) is 6.92 Å². The SMILES string of the molecule is CC[n+]1ccccc1Oc1c([N+](=O)[O-])cccc1[N+](=O)[O-]. The summed E-state index contributed by atoms with van der Waals surface area (Å²) >= 11 is 0. The van der Waals surface area contributed by atoms with E-state index in [9.17, 15) is 20.2 Å². The lowest BCUT2D eigenvalue weighted by atomic mass is 10.2. The van der Waals surface area contributed by atoms with Gasteiger partial charge < -0.3 is 4.74 Å². The number of nitro benzene ring substituents is 2. The first-order valence-electron chi connectivity index (χ1n) is 6.12. The van der Waals surface area contributed by atoms with Gasteiger partial charge in [-0.25, -0.2) is 0 Å². The van der Waals surface area contributed by atoms with Gasteiger partial charge in [0.05, 0.1) is 15.9 Å². The molecule has 0 saturated heterocycles. The fraction of sp³-hybridized carbons (Fsp3) is 0.154. The van der Waals surface area contributed by atoms with Crippen molar-refractivity contribution >= 4 is 11.4 Å². The van der Waals surface area contributed by atoms with Crippen LogP contribution in [-0.4, -0.2) is 9.85 Å². The predicted molar refractivity (Wildman–Crippen MR) is 72.1 cm³/mol. The zero-order valence-corrected chi connectivity index (χ0v) is 11.1. The molecule has 0 saturated carbocycles. The third kappa shape index (κ3) is 2.94. The van der Waals surface area contributed by atoms with Crippen molar-refractivity contribution in [2.45, 2.75) is 13.5 Å². The van der Waals surface area contributed by atoms with E-state index < -0.39 is 21.2 Å². The first-order chi connectivity index (χ1) is 10.0. The summed E-state index contributed by atoms with van der Waals surface area (Å²) in [6, 6.07) is 8.63. The molecule has 108 valence electrons. The van der Waals surface area contributed by atoms with E-state index in [0.29, 0.717) is 6.54 Å². The molecule has 0 aliphatic heterocycles. The summed E-state index contributed by atoms with van der Waals surface area (Å²) < 4.78 is 7.15. The monoisotopic (exact) mass is 290 g/mol. The van der Waals surface area contributed by atoms with Crippen molar-refractivity contribution in [3.63, 3.8) is 0 Å². The number of nitrogens with zero attached hydrogens (tertiary/aromatic N) is 3. The molecule has 8 heteroatoms. The maximum Gasteiger partial charge on any atom is 0.373 e. The van der Waals surface area contributed by atoms with Crippen molar-refractivity contribution in [1.29, 1.82) is 0 Å². The molecule has 0 spiro atoms. The fourth-order valence-corrected chi connectivity index (χ4v) is 1.82. The summed E-state index contributed by atoms with van der Waals surface area (Å²) in [6.07, 6.45) is 1.72. The van der Waals surface area contributed by atoms with Crippen LogP contribution < -0.4 is 9.30 Å². The Kier molecular flexibility index (Phi) is 4.07. The highest BCUT2D eigenvalue weighted by Gasteiger charge is 2.29. The van der Waals surface area contributed by atoms with Gasteiger partial charge in [-0.3, -0.25) is 20.2 Å². The van der Waals surface area contributed by atoms with Gasteiger partial charge in [0.25, 0.3) is 5.75 Å². The summed E-state index contributed by atoms with van der Waals surface area (Å²) in [7, 11) is 0. The lowest BCUT2D eigenvalue weighted by Crippen LogP contribution is -2.33. The summed E-state index contributed by atoms with van der Waals surface area (Å²) in [6.45, 7) is 2.42. The highest BCUT2D eigenvalue weighted by atomic mass is 16.6. The molecule has 1 aromatic heterocycles. The van der Waals surface area contributed by atoms with Crippen molar-refractivity contribution in [3.8, 4) is 11.6 Å². The number of benzene rings is 1. The summed E-state index contributed by atoms with van der Waals surface area (Å²) in [5, 5.41) is 22.1. The van der Waals surface area contributed by atoms with Gasteiger partial charge in [-0.05, 0) is 19.1 Å². The molecular formula is C13H12N3O5+. The van der Waals surface area contributed by atoms with Gasteiger partial charge >= 0.3 is 17.3 Å². The summed E-state index contributed by atoms with van der Waals surface area (Å²) in [5.74, 6) is -0.0849. The van der Waals surface area contributed by atoms with Crippen LogP contribution in [0.25, 0.3) is 0 Å². The van der Waals surface area contributed by atoms with Gasteiger partial charge in [-0.2, -0.15) is 4.57 Å². The lowest BCUT2D eigenvalue weighted by molar-refractivity contribution is -0.697. The second-order valence-electron chi connectivity index (χ2n) is 4.07. The quantitative estimate of drug-likeness (QED) is 0.478. The van der Waals surface area contributed by atoms with Gasteiger partial charge in [0, 0.05) is 18.2 Å². The second-order valence-corrected chi connectivity index (χ2v) is 4.07. The Morgan fingerprint density at radius 2 is 1.67 bits per heavy atom. The average Bonchev–Trinajstić information content (AvgIpc) is 2.47. The molecule has 2 aromatic rings. The molecule has 21 heavy (non-hydrogen) atoms. The number of para-hydroxylation sites is 1. The van der Waals surface area contributed by atoms with Gasteiger partial charge in [0.1, 0.15) is 6.54 Å². The highest BCUT2D eigenvalue weighted by Crippen LogP contribution is 2.38. The number of rotatable bonds is 5. The van der Waals surface area contributed by atoms with E-state index in [1.54, 1.807) is 29.0 Å². The Bertz CT molecular complexity index is 670. The maximum absolute atomic E-state index is 11.0. The molecule has 0 fully saturated rings. The number of hydrogen-bond acceptors (Lipinski definition) is 5. The van der Waals surface area contributed by atoms with Crippen molar-refractivity contribution in [2.75, 3.05) is 0 Å². The molecule has 1 aromatic carbocycles. The van der Waals surface area contributed by atoms with Crippen LogP contribution >= 0.6 is 0 Å². The first-order valence-corrected chi connectivity index (χ1v) is 6.12. The zero-order valence-electron chi connectivity index (χ0n) is 11.1. The maximum atomic E-state index is 11.0. The van der Waals surface area contributed by atoms with Crippen molar-refractivity contribution in [1.82, 2.24) is 0 Å². The first kappa shape index (κ1) is 14.4. The number of ether oxygens (including phenoxy) is 1. The van der Waals surface area contributed by atoms with Crippen LogP contribution in [0.4, 0.5) is 11.4 Å². The molecule has 0 N–H and O–H groups in total. The smallest absolute Gasteiger partial charge is 0.373 e. The van der Waals surface area contributed by atoms with Gasteiger partial charge in [-0.1, -0.05) is 0 Å². The highest BCUT2D eigenvalue weighted by molar-refractivity contribution is 5.60. The van der Waals surface area contributed by atoms with Gasteiger partial charge in [0.2, 0.25) is 0 Å². The van der Waals surface area contributed by atoms with Crippen LogP contribution in [-0.2, 0) is 6.54 Å². The van der Waals surface area contributed by atoms with E-state index >= 15 is 0 Å². The van der Waals surface area contributed by atoms with Crippen LogP contribution in [0, 0.1) is 20.2 Å². The van der Waals surface area contributed by atoms with E-state index in [0.717, 1.165) is 0 Å². The Labute approximate surface area is 119 Å². The van der Waals surface area contributed by atoms with Crippen molar-refractivity contribution in [2.24, 2.45) is 0 Å². The summed E-state index contributed by atoms with van der Waals surface area (Å²) in [4.78, 5) is 20.7. The molecule has 2 rings (SSSR count). The third-order valence-corrected chi connectivity index (χ3v) is 2.81. The minimum Gasteiger partial charge on any atom is -0.390 e. The third-order valence-electron chi connectivity index (χ3n) is 2.81. The number of hydrogen-bond donors (Lipinski definition) is 0. The van der Waals surface area contributed by atoms with E-state index in [2.05, 4.69) is 0 Å². The second kappa shape index (κ2) is 5.95. The zero-order chi connectivity index (χ0) is 15.4. The number of aryl methyl sites for hydroxylation is 1. The molecule has 0 aliphatic rings. The Balaban J connectivity index is 2.56. The minimum atomic E-state index is -0.707. The minimum absolute atomic E-state index is 0.289. The molecule has 0 amide bonds. The number of pyridine rings is 1. The van der Waals surface area contributed by atoms with E-state index in [1.807, 2.05) is 6.92 Å². The van der Waals surface area contributed by atoms with Crippen LogP contribution in [0.15, 0.2) is 42.6 Å². The van der Waals surface area contributed by atoms with Crippen LogP contribution in [0.5, 0.6) is 11.6 Å². The molecule has 0 atom stereocenters. The Morgan fingerprint density at radius 3 is 2.19 bits per heavy atom. The Morgan fingerprint density at radius 1 is 1.05 bits per heavy atom. The normalized spacial score (nSPS) is 10.1. The van der Waals surface area contributed by atoms with Crippen LogP contribution in [0.3, 0.4) is 0 Å². The van der Waals surface area contributed by atoms with Crippen molar-refractivity contribution < 1.29 is 19.2 Å². The molecule has 0 radical (unpaired) electrons. The van der Waals surface area contributed by atoms with Gasteiger partial charge in [0.15, 0.2) is 6.20 Å². The van der Waals surface area contributed by atoms with E-state index in [4.69, 9.17) is 4.74 Å². The molecule has 0 aliphatic carbocycles. The number of aromatic nitrogens is 1. The standard InChI is InChI=1S/C13H12N3O5/c1-2-14-9-4-3-8-12(14)21-13-10(15(17)18)6-5-7-11(13)16(19)20/h3-9H,2H2,1H3/q+1. The molecular weight excluding hydrogens is 278 g/mol.